The molecule has 4 nitrogen and oxygen atoms in total. The van der Waals surface area contributed by atoms with Crippen molar-refractivity contribution in [1.29, 1.82) is 0 Å². The van der Waals surface area contributed by atoms with Gasteiger partial charge >= 0.3 is 5.97 Å². The van der Waals surface area contributed by atoms with Crippen LogP contribution in [0.5, 0.6) is 5.75 Å². The first-order chi connectivity index (χ1) is 11.5. The molecule has 0 aliphatic carbocycles. The molecule has 132 valence electrons. The topological polar surface area (TPSA) is 38.8 Å². The van der Waals surface area contributed by atoms with Crippen LogP contribution < -0.4 is 4.74 Å². The van der Waals surface area contributed by atoms with E-state index < -0.39 is 0 Å². The second kappa shape index (κ2) is 8.88. The molecule has 0 bridgehead atoms. The second-order valence-electron chi connectivity index (χ2n) is 6.96. The SMILES string of the molecule is CC(C)=C(CN1CC(C)CCC1C)OC(=O)COc1ccccc1. The Balaban J connectivity index is 1.89. The van der Waals surface area contributed by atoms with Gasteiger partial charge in [-0.25, -0.2) is 4.79 Å². The summed E-state index contributed by atoms with van der Waals surface area (Å²) >= 11 is 0. The van der Waals surface area contributed by atoms with Crippen molar-refractivity contribution in [3.8, 4) is 5.75 Å². The van der Waals surface area contributed by atoms with Gasteiger partial charge in [0.25, 0.3) is 0 Å². The predicted molar refractivity (Wildman–Crippen MR) is 95.8 cm³/mol. The summed E-state index contributed by atoms with van der Waals surface area (Å²) in [6.45, 7) is 10.2. The highest BCUT2D eigenvalue weighted by Gasteiger charge is 2.25. The molecule has 24 heavy (non-hydrogen) atoms. The van der Waals surface area contributed by atoms with E-state index in [1.807, 2.05) is 44.2 Å². The number of carbonyl (C=O) groups excluding carboxylic acids is 1. The monoisotopic (exact) mass is 331 g/mol. The fourth-order valence-electron chi connectivity index (χ4n) is 2.90. The molecule has 2 unspecified atom stereocenters. The Morgan fingerprint density at radius 1 is 1.17 bits per heavy atom. The average molecular weight is 331 g/mol. The van der Waals surface area contributed by atoms with Crippen LogP contribution in [0.1, 0.15) is 40.5 Å². The summed E-state index contributed by atoms with van der Waals surface area (Å²) in [4.78, 5) is 14.5. The quantitative estimate of drug-likeness (QED) is 0.583. The molecular formula is C20H29NO3. The van der Waals surface area contributed by atoms with Gasteiger partial charge < -0.3 is 9.47 Å². The van der Waals surface area contributed by atoms with E-state index >= 15 is 0 Å². The van der Waals surface area contributed by atoms with Crippen LogP contribution in [0, 0.1) is 5.92 Å². The van der Waals surface area contributed by atoms with E-state index in [-0.39, 0.29) is 12.6 Å². The zero-order chi connectivity index (χ0) is 17.5. The van der Waals surface area contributed by atoms with E-state index in [1.165, 1.54) is 12.8 Å². The highest BCUT2D eigenvalue weighted by atomic mass is 16.6. The molecular weight excluding hydrogens is 302 g/mol. The third-order valence-electron chi connectivity index (χ3n) is 4.49. The van der Waals surface area contributed by atoms with E-state index in [9.17, 15) is 4.79 Å². The maximum absolute atomic E-state index is 12.1. The number of allylic oxidation sites excluding steroid dienone is 1. The van der Waals surface area contributed by atoms with Gasteiger partial charge in [0.05, 0.1) is 6.54 Å². The summed E-state index contributed by atoms with van der Waals surface area (Å²) < 4.78 is 11.1. The fraction of sp³-hybridized carbons (Fsp3) is 0.550. The molecule has 2 atom stereocenters. The van der Waals surface area contributed by atoms with Crippen LogP contribution in [0.25, 0.3) is 0 Å². The standard InChI is InChI=1S/C20H29NO3/c1-15(2)19(13-21-12-16(3)10-11-17(21)4)24-20(22)14-23-18-8-6-5-7-9-18/h5-9,16-17H,10-14H2,1-4H3. The van der Waals surface area contributed by atoms with Gasteiger partial charge in [-0.1, -0.05) is 25.1 Å². The average Bonchev–Trinajstić information content (AvgIpc) is 2.56. The molecule has 2 rings (SSSR count). The van der Waals surface area contributed by atoms with Crippen LogP contribution in [0.2, 0.25) is 0 Å². The predicted octanol–water partition coefficient (Wildman–Crippen LogP) is 4.02. The van der Waals surface area contributed by atoms with Gasteiger partial charge in [-0.2, -0.15) is 0 Å². The molecule has 0 saturated carbocycles. The molecule has 0 radical (unpaired) electrons. The lowest BCUT2D eigenvalue weighted by Gasteiger charge is -2.37. The van der Waals surface area contributed by atoms with Crippen LogP contribution in [0.4, 0.5) is 0 Å². The van der Waals surface area contributed by atoms with E-state index in [4.69, 9.17) is 9.47 Å². The van der Waals surface area contributed by atoms with Gasteiger partial charge in [0, 0.05) is 12.6 Å². The van der Waals surface area contributed by atoms with Crippen molar-refractivity contribution in [2.75, 3.05) is 19.7 Å². The molecule has 1 aliphatic heterocycles. The number of piperidine rings is 1. The maximum Gasteiger partial charge on any atom is 0.349 e. The van der Waals surface area contributed by atoms with Crippen molar-refractivity contribution in [2.24, 2.45) is 5.92 Å². The van der Waals surface area contributed by atoms with Crippen LogP contribution in [-0.4, -0.2) is 36.6 Å². The first-order valence-electron chi connectivity index (χ1n) is 8.74. The Morgan fingerprint density at radius 2 is 1.88 bits per heavy atom. The molecule has 1 saturated heterocycles. The Kier molecular flexibility index (Phi) is 6.85. The molecule has 0 N–H and O–H groups in total. The van der Waals surface area contributed by atoms with Gasteiger partial charge in [-0.15, -0.1) is 0 Å². The first kappa shape index (κ1) is 18.5. The molecule has 0 aromatic heterocycles. The molecule has 1 fully saturated rings. The van der Waals surface area contributed by atoms with E-state index in [0.29, 0.717) is 24.3 Å². The van der Waals surface area contributed by atoms with Crippen LogP contribution >= 0.6 is 0 Å². The lowest BCUT2D eigenvalue weighted by atomic mass is 9.95. The Labute approximate surface area is 145 Å². The zero-order valence-corrected chi connectivity index (χ0v) is 15.2. The summed E-state index contributed by atoms with van der Waals surface area (Å²) in [5.74, 6) is 1.76. The van der Waals surface area contributed by atoms with Crippen LogP contribution in [0.15, 0.2) is 41.7 Å². The molecule has 1 heterocycles. The summed E-state index contributed by atoms with van der Waals surface area (Å²) in [7, 11) is 0. The van der Waals surface area contributed by atoms with Crippen molar-refractivity contribution in [2.45, 2.75) is 46.6 Å². The maximum atomic E-state index is 12.1. The summed E-state index contributed by atoms with van der Waals surface area (Å²) in [5, 5.41) is 0. The summed E-state index contributed by atoms with van der Waals surface area (Å²) in [5.41, 5.74) is 1.04. The third-order valence-corrected chi connectivity index (χ3v) is 4.49. The minimum Gasteiger partial charge on any atom is -0.482 e. The second-order valence-corrected chi connectivity index (χ2v) is 6.96. The van der Waals surface area contributed by atoms with Gasteiger partial charge in [-0.05, 0) is 57.2 Å². The minimum absolute atomic E-state index is 0.0766. The largest absolute Gasteiger partial charge is 0.482 e. The summed E-state index contributed by atoms with van der Waals surface area (Å²) in [6, 6.07) is 9.84. The molecule has 0 amide bonds. The normalized spacial score (nSPS) is 21.2. The van der Waals surface area contributed by atoms with E-state index in [1.54, 1.807) is 0 Å². The Hall–Kier alpha value is -1.81. The number of likely N-dealkylation sites (tertiary alicyclic amines) is 1. The van der Waals surface area contributed by atoms with Crippen LogP contribution in [0.3, 0.4) is 0 Å². The number of benzene rings is 1. The van der Waals surface area contributed by atoms with Crippen LogP contribution in [-0.2, 0) is 9.53 Å². The van der Waals surface area contributed by atoms with Gasteiger partial charge in [0.15, 0.2) is 6.61 Å². The number of carbonyl (C=O) groups is 1. The van der Waals surface area contributed by atoms with Gasteiger partial charge in [0.2, 0.25) is 0 Å². The lowest BCUT2D eigenvalue weighted by Crippen LogP contribution is -2.42. The van der Waals surface area contributed by atoms with Crippen molar-refractivity contribution in [1.82, 2.24) is 4.90 Å². The number of nitrogens with zero attached hydrogens (tertiary/aromatic N) is 1. The number of ether oxygens (including phenoxy) is 2. The van der Waals surface area contributed by atoms with Gasteiger partial charge in [-0.3, -0.25) is 4.90 Å². The molecule has 1 aliphatic rings. The number of rotatable bonds is 6. The van der Waals surface area contributed by atoms with Crippen molar-refractivity contribution in [3.05, 3.63) is 41.7 Å². The minimum atomic E-state index is -0.354. The van der Waals surface area contributed by atoms with Crippen molar-refractivity contribution >= 4 is 5.97 Å². The molecule has 0 spiro atoms. The fourth-order valence-corrected chi connectivity index (χ4v) is 2.90. The Morgan fingerprint density at radius 3 is 2.54 bits per heavy atom. The zero-order valence-electron chi connectivity index (χ0n) is 15.2. The Bertz CT molecular complexity index is 564. The first-order valence-corrected chi connectivity index (χ1v) is 8.74. The molecule has 4 heteroatoms. The smallest absolute Gasteiger partial charge is 0.349 e. The van der Waals surface area contributed by atoms with E-state index in [0.717, 1.165) is 17.9 Å². The highest BCUT2D eigenvalue weighted by molar-refractivity contribution is 5.72. The summed E-state index contributed by atoms with van der Waals surface area (Å²) in [6.07, 6.45) is 2.47. The highest BCUT2D eigenvalue weighted by Crippen LogP contribution is 2.23. The number of hydrogen-bond acceptors (Lipinski definition) is 4. The number of esters is 1. The number of hydrogen-bond donors (Lipinski definition) is 0. The third kappa shape index (κ3) is 5.68. The molecule has 1 aromatic carbocycles. The lowest BCUT2D eigenvalue weighted by molar-refractivity contribution is -0.142. The van der Waals surface area contributed by atoms with Crippen molar-refractivity contribution in [3.63, 3.8) is 0 Å². The van der Waals surface area contributed by atoms with Gasteiger partial charge in [0.1, 0.15) is 11.5 Å². The van der Waals surface area contributed by atoms with E-state index in [2.05, 4.69) is 18.7 Å². The number of para-hydroxylation sites is 1. The van der Waals surface area contributed by atoms with Crippen molar-refractivity contribution < 1.29 is 14.3 Å². The molecule has 1 aromatic rings.